The first-order valence-electron chi connectivity index (χ1n) is 11.8. The normalized spacial score (nSPS) is 15.2. The molecule has 4 aromatic rings. The number of amides is 2. The van der Waals surface area contributed by atoms with Gasteiger partial charge in [-0.2, -0.15) is 4.98 Å². The summed E-state index contributed by atoms with van der Waals surface area (Å²) in [5, 5.41) is 14.0. The van der Waals surface area contributed by atoms with E-state index < -0.39 is 17.4 Å². The molecule has 3 aromatic heterocycles. The monoisotopic (exact) mass is 522 g/mol. The summed E-state index contributed by atoms with van der Waals surface area (Å²) in [7, 11) is 0. The van der Waals surface area contributed by atoms with E-state index in [-0.39, 0.29) is 0 Å². The van der Waals surface area contributed by atoms with E-state index >= 15 is 0 Å². The summed E-state index contributed by atoms with van der Waals surface area (Å²) >= 11 is 1.33. The summed E-state index contributed by atoms with van der Waals surface area (Å²) < 4.78 is 6.01. The van der Waals surface area contributed by atoms with Gasteiger partial charge in [-0.1, -0.05) is 16.5 Å². The molecule has 0 bridgehead atoms. The van der Waals surface area contributed by atoms with Crippen LogP contribution in [0.5, 0.6) is 0 Å². The molecule has 0 saturated carbocycles. The number of anilines is 2. The number of thiazole rings is 1. The Morgan fingerprint density at radius 1 is 1.19 bits per heavy atom. The van der Waals surface area contributed by atoms with Gasteiger partial charge in [-0.3, -0.25) is 9.69 Å². The highest BCUT2D eigenvalue weighted by Crippen LogP contribution is 2.39. The number of hydrogen-bond donors (Lipinski definition) is 2. The van der Waals surface area contributed by atoms with Crippen LogP contribution in [0.3, 0.4) is 0 Å². The fourth-order valence-corrected chi connectivity index (χ4v) is 5.44. The zero-order valence-corrected chi connectivity index (χ0v) is 21.4. The molecule has 1 aliphatic rings. The molecule has 4 heterocycles. The highest BCUT2D eigenvalue weighted by Gasteiger charge is 2.37. The van der Waals surface area contributed by atoms with Gasteiger partial charge in [0.25, 0.3) is 0 Å². The van der Waals surface area contributed by atoms with E-state index in [4.69, 9.17) is 10.3 Å². The van der Waals surface area contributed by atoms with Crippen molar-refractivity contribution in [1.82, 2.24) is 25.1 Å². The summed E-state index contributed by atoms with van der Waals surface area (Å²) in [5.74, 6) is 0.629. The molecule has 1 fully saturated rings. The number of aliphatic carboxylic acids is 1. The number of aryl methyl sites for hydroxylation is 1. The number of aromatic nitrogens is 5. The molecule has 1 saturated heterocycles. The van der Waals surface area contributed by atoms with Gasteiger partial charge in [0.05, 0.1) is 15.6 Å². The smallest absolute Gasteiger partial charge is 0.321 e. The minimum absolute atomic E-state index is 0.385. The van der Waals surface area contributed by atoms with Crippen LogP contribution < -0.4 is 15.5 Å². The van der Waals surface area contributed by atoms with E-state index in [9.17, 15) is 14.7 Å². The Morgan fingerprint density at radius 3 is 2.46 bits per heavy atom. The van der Waals surface area contributed by atoms with Crippen LogP contribution in [-0.2, 0) is 4.79 Å². The Balaban J connectivity index is 1.50. The lowest BCUT2D eigenvalue weighted by atomic mass is 9.80. The Bertz CT molecular complexity index is 1470. The molecule has 13 heteroatoms. The number of nitrogens with two attached hydrogens (primary N) is 1. The minimum atomic E-state index is -0.769. The lowest BCUT2D eigenvalue weighted by molar-refractivity contribution is -0.149. The van der Waals surface area contributed by atoms with E-state index in [1.165, 1.54) is 16.2 Å². The first kappa shape index (κ1) is 24.6. The molecule has 0 spiro atoms. The van der Waals surface area contributed by atoms with Gasteiger partial charge in [0.1, 0.15) is 0 Å². The van der Waals surface area contributed by atoms with Crippen LogP contribution in [0.2, 0.25) is 0 Å². The summed E-state index contributed by atoms with van der Waals surface area (Å²) in [4.78, 5) is 45.0. The van der Waals surface area contributed by atoms with E-state index in [1.54, 1.807) is 26.2 Å². The van der Waals surface area contributed by atoms with E-state index in [2.05, 4.69) is 25.1 Å². The van der Waals surface area contributed by atoms with Crippen LogP contribution in [0.15, 0.2) is 29.0 Å². The van der Waals surface area contributed by atoms with Crippen LogP contribution in [0.1, 0.15) is 32.6 Å². The summed E-state index contributed by atoms with van der Waals surface area (Å²) in [6.07, 6.45) is 4.53. The van der Waals surface area contributed by atoms with Crippen molar-refractivity contribution in [3.05, 3.63) is 30.4 Å². The fourth-order valence-electron chi connectivity index (χ4n) is 4.31. The lowest BCUT2D eigenvalue weighted by Gasteiger charge is -2.36. The first-order valence-corrected chi connectivity index (χ1v) is 12.6. The average Bonchev–Trinajstić information content (AvgIpc) is 3.50. The molecule has 3 N–H and O–H groups in total. The SMILES string of the molecule is CCN(C(N)=O)c1nc2cc(-c3cnc(N4CCC(C)(C(=O)O)CC4)nc3)cc(-c3noc(C)n3)c2s1. The summed E-state index contributed by atoms with van der Waals surface area (Å²) in [5.41, 5.74) is 7.75. The molecule has 37 heavy (non-hydrogen) atoms. The number of carboxylic acid groups (broad SMARTS) is 1. The third-order valence-electron chi connectivity index (χ3n) is 6.70. The Labute approximate surface area is 216 Å². The van der Waals surface area contributed by atoms with Crippen molar-refractivity contribution in [1.29, 1.82) is 0 Å². The third kappa shape index (κ3) is 4.57. The number of urea groups is 1. The van der Waals surface area contributed by atoms with Crippen molar-refractivity contribution < 1.29 is 19.2 Å². The lowest BCUT2D eigenvalue weighted by Crippen LogP contribution is -2.43. The van der Waals surface area contributed by atoms with Crippen molar-refractivity contribution in [2.75, 3.05) is 29.4 Å². The van der Waals surface area contributed by atoms with Gasteiger partial charge in [0, 0.05) is 50.1 Å². The second-order valence-electron chi connectivity index (χ2n) is 9.21. The molecular formula is C24H26N8O4S. The second kappa shape index (κ2) is 9.39. The number of rotatable bonds is 6. The highest BCUT2D eigenvalue weighted by molar-refractivity contribution is 7.23. The molecule has 192 valence electrons. The average molecular weight is 523 g/mol. The Morgan fingerprint density at radius 2 is 1.89 bits per heavy atom. The standard InChI is InChI=1S/C24H26N8O4S/c1-4-32(21(25)35)23-29-17-10-14(9-16(18(17)37-23)19-28-13(2)36-30-19)15-11-26-22(27-12-15)31-7-5-24(3,6-8-31)20(33)34/h9-12H,4-8H2,1-3H3,(H2,25,35)(H,33,34). The maximum Gasteiger partial charge on any atom is 0.321 e. The van der Waals surface area contributed by atoms with Crippen LogP contribution in [-0.4, -0.2) is 61.8 Å². The van der Waals surface area contributed by atoms with E-state index in [1.807, 2.05) is 24.0 Å². The molecular weight excluding hydrogens is 496 g/mol. The first-order chi connectivity index (χ1) is 17.7. The third-order valence-corrected chi connectivity index (χ3v) is 7.83. The maximum absolute atomic E-state index is 11.9. The number of carboxylic acids is 1. The van der Waals surface area contributed by atoms with Gasteiger partial charge in [0.15, 0.2) is 5.13 Å². The van der Waals surface area contributed by atoms with Crippen molar-refractivity contribution >= 4 is 44.6 Å². The predicted molar refractivity (Wildman–Crippen MR) is 138 cm³/mol. The largest absolute Gasteiger partial charge is 0.481 e. The maximum atomic E-state index is 11.9. The molecule has 0 radical (unpaired) electrons. The van der Waals surface area contributed by atoms with Crippen molar-refractivity contribution in [2.45, 2.75) is 33.6 Å². The number of benzene rings is 1. The number of carbonyl (C=O) groups excluding carboxylic acids is 1. The minimum Gasteiger partial charge on any atom is -0.481 e. The second-order valence-corrected chi connectivity index (χ2v) is 10.2. The van der Waals surface area contributed by atoms with Crippen molar-refractivity contribution in [3.8, 4) is 22.5 Å². The fraction of sp³-hybridized carbons (Fsp3) is 0.375. The number of fused-ring (bicyclic) bond motifs is 1. The summed E-state index contributed by atoms with van der Waals surface area (Å²) in [6, 6.07) is 3.24. The van der Waals surface area contributed by atoms with Gasteiger partial charge in [-0.25, -0.2) is 19.7 Å². The predicted octanol–water partition coefficient (Wildman–Crippen LogP) is 3.71. The number of carbonyl (C=O) groups is 2. The van der Waals surface area contributed by atoms with Gasteiger partial charge in [0.2, 0.25) is 17.7 Å². The van der Waals surface area contributed by atoms with E-state index in [0.717, 1.165) is 15.8 Å². The number of primary amides is 1. The Hall–Kier alpha value is -4.13. The van der Waals surface area contributed by atoms with E-state index in [0.29, 0.717) is 66.4 Å². The number of hydrogen-bond acceptors (Lipinski definition) is 10. The molecule has 0 unspecified atom stereocenters. The molecule has 1 aliphatic heterocycles. The number of piperidine rings is 1. The zero-order valence-electron chi connectivity index (χ0n) is 20.6. The topological polar surface area (TPSA) is 164 Å². The Kier molecular flexibility index (Phi) is 6.23. The van der Waals surface area contributed by atoms with Gasteiger partial charge in [-0.15, -0.1) is 0 Å². The summed E-state index contributed by atoms with van der Waals surface area (Å²) in [6.45, 7) is 6.86. The van der Waals surface area contributed by atoms with Crippen LogP contribution >= 0.6 is 11.3 Å². The molecule has 2 amide bonds. The highest BCUT2D eigenvalue weighted by atomic mass is 32.1. The molecule has 12 nitrogen and oxygen atoms in total. The van der Waals surface area contributed by atoms with Crippen molar-refractivity contribution in [2.24, 2.45) is 11.1 Å². The van der Waals surface area contributed by atoms with Gasteiger partial charge < -0.3 is 20.3 Å². The molecule has 1 aromatic carbocycles. The van der Waals surface area contributed by atoms with Crippen LogP contribution in [0, 0.1) is 12.3 Å². The van der Waals surface area contributed by atoms with Gasteiger partial charge >= 0.3 is 12.0 Å². The molecule has 5 rings (SSSR count). The molecule has 0 atom stereocenters. The number of nitrogens with zero attached hydrogens (tertiary/aromatic N) is 7. The van der Waals surface area contributed by atoms with Crippen LogP contribution in [0.4, 0.5) is 15.9 Å². The van der Waals surface area contributed by atoms with Crippen LogP contribution in [0.25, 0.3) is 32.7 Å². The zero-order chi connectivity index (χ0) is 26.3. The van der Waals surface area contributed by atoms with Crippen molar-refractivity contribution in [3.63, 3.8) is 0 Å². The molecule has 0 aliphatic carbocycles. The quantitative estimate of drug-likeness (QED) is 0.381. The van der Waals surface area contributed by atoms with Gasteiger partial charge in [-0.05, 0) is 44.4 Å².